The van der Waals surface area contributed by atoms with Crippen molar-refractivity contribution in [3.63, 3.8) is 0 Å². The monoisotopic (exact) mass is 434 g/mol. The lowest BCUT2D eigenvalue weighted by molar-refractivity contribution is 0.0968. The molecule has 1 aromatic heterocycles. The summed E-state index contributed by atoms with van der Waals surface area (Å²) in [6, 6.07) is 10.2. The van der Waals surface area contributed by atoms with E-state index in [1.54, 1.807) is 12.3 Å². The quantitative estimate of drug-likeness (QED) is 0.428. The van der Waals surface area contributed by atoms with Gasteiger partial charge in [-0.05, 0) is 73.6 Å². The molecule has 5 rings (SSSR count). The number of carbonyl (C=O) groups excluding carboxylic acids is 1. The van der Waals surface area contributed by atoms with Gasteiger partial charge in [0.2, 0.25) is 0 Å². The van der Waals surface area contributed by atoms with Gasteiger partial charge in [-0.2, -0.15) is 0 Å². The number of nitrogens with zero attached hydrogens (tertiary/aromatic N) is 1. The minimum atomic E-state index is 0.116. The number of aromatic hydroxyl groups is 1. The number of phenols is 1. The van der Waals surface area contributed by atoms with Crippen LogP contribution >= 0.6 is 11.6 Å². The number of aromatic nitrogens is 1. The first-order chi connectivity index (χ1) is 15.0. The summed E-state index contributed by atoms with van der Waals surface area (Å²) >= 11 is 6.24. The lowest BCUT2D eigenvalue weighted by Gasteiger charge is -2.26. The van der Waals surface area contributed by atoms with Crippen LogP contribution in [0.3, 0.4) is 0 Å². The van der Waals surface area contributed by atoms with Gasteiger partial charge in [-0.1, -0.05) is 36.9 Å². The van der Waals surface area contributed by atoms with E-state index in [1.807, 2.05) is 25.1 Å². The molecule has 5 heteroatoms. The van der Waals surface area contributed by atoms with E-state index in [9.17, 15) is 9.90 Å². The smallest absolute Gasteiger partial charge is 0.169 e. The van der Waals surface area contributed by atoms with Crippen LogP contribution in [0.5, 0.6) is 5.75 Å². The molecule has 2 saturated carbocycles. The summed E-state index contributed by atoms with van der Waals surface area (Å²) in [5.74, 6) is 0.472. The van der Waals surface area contributed by atoms with E-state index < -0.39 is 0 Å². The Bertz CT molecular complexity index is 1140. The number of nitrogens with one attached hydrogen (secondary N) is 1. The first-order valence-electron chi connectivity index (χ1n) is 11.2. The number of rotatable bonds is 5. The summed E-state index contributed by atoms with van der Waals surface area (Å²) in [5, 5.41) is 15.1. The van der Waals surface area contributed by atoms with Crippen molar-refractivity contribution >= 4 is 34.0 Å². The van der Waals surface area contributed by atoms with Crippen molar-refractivity contribution in [3.8, 4) is 16.9 Å². The van der Waals surface area contributed by atoms with Gasteiger partial charge in [-0.15, -0.1) is 0 Å². The number of pyridine rings is 1. The zero-order valence-corrected chi connectivity index (χ0v) is 18.5. The molecule has 0 unspecified atom stereocenters. The highest BCUT2D eigenvalue weighted by Gasteiger charge is 2.33. The molecule has 3 aromatic rings. The molecule has 0 saturated heterocycles. The van der Waals surface area contributed by atoms with Gasteiger partial charge in [0.25, 0.3) is 0 Å². The first-order valence-corrected chi connectivity index (χ1v) is 11.6. The molecule has 2 aliphatic rings. The highest BCUT2D eigenvalue weighted by atomic mass is 35.5. The van der Waals surface area contributed by atoms with Gasteiger partial charge in [0, 0.05) is 23.5 Å². The summed E-state index contributed by atoms with van der Waals surface area (Å²) in [7, 11) is 0. The molecule has 2 aromatic carbocycles. The van der Waals surface area contributed by atoms with Crippen molar-refractivity contribution in [2.45, 2.75) is 57.9 Å². The van der Waals surface area contributed by atoms with E-state index in [0.717, 1.165) is 64.5 Å². The van der Waals surface area contributed by atoms with Gasteiger partial charge in [0.1, 0.15) is 5.75 Å². The predicted octanol–water partition coefficient (Wildman–Crippen LogP) is 6.91. The van der Waals surface area contributed by atoms with Crippen LogP contribution in [0.2, 0.25) is 5.02 Å². The summed E-state index contributed by atoms with van der Waals surface area (Å²) in [6.45, 7) is 1.84. The highest BCUT2D eigenvalue weighted by Crippen LogP contribution is 2.39. The molecule has 1 heterocycles. The lowest BCUT2D eigenvalue weighted by Crippen LogP contribution is -2.24. The zero-order chi connectivity index (χ0) is 21.5. The molecule has 0 bridgehead atoms. The minimum absolute atomic E-state index is 0.116. The average molecular weight is 435 g/mol. The second kappa shape index (κ2) is 8.16. The second-order valence-electron chi connectivity index (χ2n) is 9.02. The number of hydrogen-bond donors (Lipinski definition) is 2. The molecule has 160 valence electrons. The van der Waals surface area contributed by atoms with Gasteiger partial charge in [0.05, 0.1) is 21.8 Å². The molecule has 0 spiro atoms. The molecule has 31 heavy (non-hydrogen) atoms. The third-order valence-electron chi connectivity index (χ3n) is 6.62. The van der Waals surface area contributed by atoms with E-state index in [1.165, 1.54) is 19.3 Å². The van der Waals surface area contributed by atoms with Crippen molar-refractivity contribution in [3.05, 3.63) is 52.7 Å². The highest BCUT2D eigenvalue weighted by molar-refractivity contribution is 6.32. The normalized spacial score (nSPS) is 17.1. The van der Waals surface area contributed by atoms with Crippen molar-refractivity contribution in [1.29, 1.82) is 0 Å². The Hall–Kier alpha value is -2.59. The number of phenolic OH excluding ortho intramolecular Hbond substituents is 1. The SMILES string of the molecule is Cc1cc(-c2ccc3ncc(C(=O)C4CC4)c(NC4CCCCC4)c3c2)cc(Cl)c1O. The number of ketones is 1. The van der Waals surface area contributed by atoms with Crippen LogP contribution in [0.25, 0.3) is 22.0 Å². The van der Waals surface area contributed by atoms with E-state index >= 15 is 0 Å². The van der Waals surface area contributed by atoms with Crippen molar-refractivity contribution < 1.29 is 9.90 Å². The molecule has 0 atom stereocenters. The van der Waals surface area contributed by atoms with Gasteiger partial charge in [-0.3, -0.25) is 9.78 Å². The van der Waals surface area contributed by atoms with Crippen molar-refractivity contribution in [2.75, 3.05) is 5.32 Å². The van der Waals surface area contributed by atoms with Crippen molar-refractivity contribution in [1.82, 2.24) is 4.98 Å². The molecule has 0 radical (unpaired) electrons. The van der Waals surface area contributed by atoms with Crippen LogP contribution in [0, 0.1) is 12.8 Å². The fraction of sp³-hybridized carbons (Fsp3) is 0.385. The Morgan fingerprint density at radius 2 is 1.84 bits per heavy atom. The molecule has 2 aliphatic carbocycles. The van der Waals surface area contributed by atoms with Crippen LogP contribution < -0.4 is 5.32 Å². The topological polar surface area (TPSA) is 62.2 Å². The zero-order valence-electron chi connectivity index (χ0n) is 17.7. The molecule has 0 aliphatic heterocycles. The van der Waals surface area contributed by atoms with Crippen LogP contribution in [0.1, 0.15) is 60.9 Å². The molecular formula is C26H27ClN2O2. The molecular weight excluding hydrogens is 408 g/mol. The maximum absolute atomic E-state index is 13.1. The fourth-order valence-electron chi connectivity index (χ4n) is 4.63. The predicted molar refractivity (Wildman–Crippen MR) is 126 cm³/mol. The van der Waals surface area contributed by atoms with Gasteiger partial charge >= 0.3 is 0 Å². The van der Waals surface area contributed by atoms with Gasteiger partial charge in [-0.25, -0.2) is 0 Å². The number of carbonyl (C=O) groups is 1. The van der Waals surface area contributed by atoms with E-state index in [0.29, 0.717) is 11.1 Å². The summed E-state index contributed by atoms with van der Waals surface area (Å²) in [6.07, 6.45) is 9.71. The first kappa shape index (κ1) is 20.3. The van der Waals surface area contributed by atoms with E-state index in [4.69, 9.17) is 11.6 Å². The standard InChI is InChI=1S/C26H27ClN2O2/c1-15-11-18(13-22(27)25(15)30)17-9-10-23-20(12-17)24(29-19-5-3-2-4-6-19)21(14-28-23)26(31)16-7-8-16/h9-14,16,19,30H,2-8H2,1H3,(H,28,29). The van der Waals surface area contributed by atoms with Crippen LogP contribution in [0.15, 0.2) is 36.5 Å². The summed E-state index contributed by atoms with van der Waals surface area (Å²) < 4.78 is 0. The number of benzene rings is 2. The van der Waals surface area contributed by atoms with Gasteiger partial charge < -0.3 is 10.4 Å². The minimum Gasteiger partial charge on any atom is -0.506 e. The lowest BCUT2D eigenvalue weighted by atomic mass is 9.93. The Kier molecular flexibility index (Phi) is 5.35. The molecule has 0 amide bonds. The van der Waals surface area contributed by atoms with Crippen LogP contribution in [-0.4, -0.2) is 21.9 Å². The van der Waals surface area contributed by atoms with Crippen LogP contribution in [0.4, 0.5) is 5.69 Å². The molecule has 2 N–H and O–H groups in total. The maximum Gasteiger partial charge on any atom is 0.169 e. The Morgan fingerprint density at radius 3 is 2.55 bits per heavy atom. The Labute approximate surface area is 187 Å². The van der Waals surface area contributed by atoms with E-state index in [2.05, 4.69) is 16.4 Å². The maximum atomic E-state index is 13.1. The van der Waals surface area contributed by atoms with E-state index in [-0.39, 0.29) is 17.5 Å². The number of aryl methyl sites for hydroxylation is 1. The molecule has 4 nitrogen and oxygen atoms in total. The van der Waals surface area contributed by atoms with Crippen molar-refractivity contribution in [2.24, 2.45) is 5.92 Å². The number of hydrogen-bond acceptors (Lipinski definition) is 4. The Balaban J connectivity index is 1.64. The summed E-state index contributed by atoms with van der Waals surface area (Å²) in [5.41, 5.74) is 5.18. The van der Waals surface area contributed by atoms with Crippen LogP contribution in [-0.2, 0) is 0 Å². The third kappa shape index (κ3) is 4.01. The third-order valence-corrected chi connectivity index (χ3v) is 6.91. The second-order valence-corrected chi connectivity index (χ2v) is 9.43. The average Bonchev–Trinajstić information content (AvgIpc) is 3.63. The fourth-order valence-corrected chi connectivity index (χ4v) is 4.90. The number of anilines is 1. The Morgan fingerprint density at radius 1 is 1.06 bits per heavy atom. The summed E-state index contributed by atoms with van der Waals surface area (Å²) in [4.78, 5) is 17.7. The largest absolute Gasteiger partial charge is 0.506 e. The van der Waals surface area contributed by atoms with Gasteiger partial charge in [0.15, 0.2) is 5.78 Å². The molecule has 2 fully saturated rings. The number of halogens is 1. The number of fused-ring (bicyclic) bond motifs is 1. The number of Topliss-reactive ketones (excluding diaryl/α,β-unsaturated/α-hetero) is 1.